The average molecular weight is 384 g/mol. The molecule has 0 atom stereocenters. The van der Waals surface area contributed by atoms with E-state index in [1.165, 1.54) is 36.5 Å². The highest BCUT2D eigenvalue weighted by Crippen LogP contribution is 2.21. The first kappa shape index (κ1) is 18.5. The Bertz CT molecular complexity index is 1020. The number of carbonyl (C=O) groups excluding carboxylic acids is 2. The van der Waals surface area contributed by atoms with E-state index in [9.17, 15) is 14.0 Å². The molecule has 3 rings (SSSR count). The van der Waals surface area contributed by atoms with Crippen LogP contribution in [0.4, 0.5) is 15.8 Å². The van der Waals surface area contributed by atoms with Gasteiger partial charge in [-0.25, -0.2) is 4.39 Å². The van der Waals surface area contributed by atoms with Crippen LogP contribution in [-0.2, 0) is 0 Å². The molecule has 0 fully saturated rings. The van der Waals surface area contributed by atoms with Crippen molar-refractivity contribution in [2.75, 3.05) is 10.6 Å². The van der Waals surface area contributed by atoms with Crippen molar-refractivity contribution < 1.29 is 14.0 Å². The average Bonchev–Trinajstić information content (AvgIpc) is 2.66. The van der Waals surface area contributed by atoms with Crippen molar-refractivity contribution in [1.29, 1.82) is 0 Å². The van der Waals surface area contributed by atoms with Gasteiger partial charge < -0.3 is 10.6 Å². The molecule has 0 aliphatic heterocycles. The number of hydrogen-bond donors (Lipinski definition) is 2. The molecule has 5 nitrogen and oxygen atoms in total. The summed E-state index contributed by atoms with van der Waals surface area (Å²) in [4.78, 5) is 28.8. The number of nitrogens with zero attached hydrogens (tertiary/aromatic N) is 1. The lowest BCUT2D eigenvalue weighted by molar-refractivity contribution is 0.102. The molecule has 2 N–H and O–H groups in total. The molecule has 1 aromatic heterocycles. The third kappa shape index (κ3) is 4.48. The van der Waals surface area contributed by atoms with E-state index in [0.29, 0.717) is 10.7 Å². The molecule has 2 amide bonds. The molecule has 0 radical (unpaired) electrons. The molecule has 0 spiro atoms. The van der Waals surface area contributed by atoms with Gasteiger partial charge in [0, 0.05) is 22.5 Å². The van der Waals surface area contributed by atoms with Gasteiger partial charge in [-0.05, 0) is 48.9 Å². The Morgan fingerprint density at radius 3 is 2.48 bits per heavy atom. The monoisotopic (exact) mass is 383 g/mol. The number of pyridine rings is 1. The molecule has 0 saturated carbocycles. The molecule has 0 aliphatic carbocycles. The van der Waals surface area contributed by atoms with Gasteiger partial charge in [-0.2, -0.15) is 0 Å². The second-order valence-electron chi connectivity index (χ2n) is 5.78. The predicted octanol–water partition coefficient (Wildman–Crippen LogP) is 4.69. The zero-order chi connectivity index (χ0) is 19.4. The highest BCUT2D eigenvalue weighted by Gasteiger charge is 2.14. The number of halogens is 2. The summed E-state index contributed by atoms with van der Waals surface area (Å²) in [6.45, 7) is 1.84. The molecule has 0 saturated heterocycles. The second kappa shape index (κ2) is 7.97. The van der Waals surface area contributed by atoms with Crippen LogP contribution < -0.4 is 10.6 Å². The SMILES string of the molecule is Cc1ccc(Cl)cc1NC(=O)c1ccnc(C(=O)Nc2ccccc2F)c1. The molecule has 2 aromatic carbocycles. The maximum atomic E-state index is 13.7. The fraction of sp³-hybridized carbons (Fsp3) is 0.0500. The van der Waals surface area contributed by atoms with Gasteiger partial charge in [0.25, 0.3) is 11.8 Å². The summed E-state index contributed by atoms with van der Waals surface area (Å²) in [7, 11) is 0. The number of benzene rings is 2. The molecular weight excluding hydrogens is 369 g/mol. The normalized spacial score (nSPS) is 10.3. The third-order valence-electron chi connectivity index (χ3n) is 3.82. The van der Waals surface area contributed by atoms with Crippen molar-refractivity contribution in [3.05, 3.63) is 88.5 Å². The van der Waals surface area contributed by atoms with Crippen LogP contribution in [0.15, 0.2) is 60.8 Å². The molecule has 1 heterocycles. The third-order valence-corrected chi connectivity index (χ3v) is 4.06. The van der Waals surface area contributed by atoms with Crippen LogP contribution in [-0.4, -0.2) is 16.8 Å². The van der Waals surface area contributed by atoms with Crippen molar-refractivity contribution in [1.82, 2.24) is 4.98 Å². The fourth-order valence-electron chi connectivity index (χ4n) is 2.37. The summed E-state index contributed by atoms with van der Waals surface area (Å²) in [5.41, 5.74) is 1.69. The van der Waals surface area contributed by atoms with Crippen LogP contribution in [0.25, 0.3) is 0 Å². The number of nitrogens with one attached hydrogen (secondary N) is 2. The first-order valence-corrected chi connectivity index (χ1v) is 8.41. The van der Waals surface area contributed by atoms with E-state index >= 15 is 0 Å². The number of aromatic nitrogens is 1. The Morgan fingerprint density at radius 2 is 1.70 bits per heavy atom. The van der Waals surface area contributed by atoms with Crippen LogP contribution in [0, 0.1) is 12.7 Å². The zero-order valence-electron chi connectivity index (χ0n) is 14.3. The largest absolute Gasteiger partial charge is 0.322 e. The van der Waals surface area contributed by atoms with E-state index in [-0.39, 0.29) is 16.9 Å². The summed E-state index contributed by atoms with van der Waals surface area (Å²) in [5, 5.41) is 5.68. The number of hydrogen-bond acceptors (Lipinski definition) is 3. The van der Waals surface area contributed by atoms with E-state index in [1.807, 2.05) is 6.92 Å². The Kier molecular flexibility index (Phi) is 5.47. The van der Waals surface area contributed by atoms with Gasteiger partial charge in [-0.15, -0.1) is 0 Å². The number of para-hydroxylation sites is 1. The molecule has 0 unspecified atom stereocenters. The molecule has 136 valence electrons. The molecule has 0 bridgehead atoms. The van der Waals surface area contributed by atoms with Crippen LogP contribution in [0.5, 0.6) is 0 Å². The highest BCUT2D eigenvalue weighted by molar-refractivity contribution is 6.31. The molecule has 3 aromatic rings. The van der Waals surface area contributed by atoms with Crippen molar-refractivity contribution in [2.45, 2.75) is 6.92 Å². The highest BCUT2D eigenvalue weighted by atomic mass is 35.5. The van der Waals surface area contributed by atoms with E-state index in [2.05, 4.69) is 15.6 Å². The smallest absolute Gasteiger partial charge is 0.274 e. The quantitative estimate of drug-likeness (QED) is 0.686. The number of carbonyl (C=O) groups is 2. The molecular formula is C20H15ClFN3O2. The van der Waals surface area contributed by atoms with Gasteiger partial charge >= 0.3 is 0 Å². The van der Waals surface area contributed by atoms with Gasteiger partial charge in [0.1, 0.15) is 11.5 Å². The minimum absolute atomic E-state index is 0.00582. The lowest BCUT2D eigenvalue weighted by Gasteiger charge is -2.10. The Labute approximate surface area is 160 Å². The number of anilines is 2. The molecule has 27 heavy (non-hydrogen) atoms. The summed E-state index contributed by atoms with van der Waals surface area (Å²) in [6.07, 6.45) is 1.34. The first-order chi connectivity index (χ1) is 12.9. The van der Waals surface area contributed by atoms with Gasteiger partial charge in [-0.1, -0.05) is 29.8 Å². The van der Waals surface area contributed by atoms with Gasteiger partial charge in [0.15, 0.2) is 0 Å². The topological polar surface area (TPSA) is 71.1 Å². The Morgan fingerprint density at radius 1 is 0.963 bits per heavy atom. The number of amides is 2. The van der Waals surface area contributed by atoms with Crippen molar-refractivity contribution >= 4 is 34.8 Å². The van der Waals surface area contributed by atoms with Gasteiger partial charge in [0.2, 0.25) is 0 Å². The predicted molar refractivity (Wildman–Crippen MR) is 103 cm³/mol. The summed E-state index contributed by atoms with van der Waals surface area (Å²) in [6, 6.07) is 13.8. The minimum Gasteiger partial charge on any atom is -0.322 e. The van der Waals surface area contributed by atoms with Crippen molar-refractivity contribution in [3.63, 3.8) is 0 Å². The summed E-state index contributed by atoms with van der Waals surface area (Å²) >= 11 is 5.96. The van der Waals surface area contributed by atoms with Gasteiger partial charge in [0.05, 0.1) is 5.69 Å². The zero-order valence-corrected chi connectivity index (χ0v) is 15.0. The van der Waals surface area contributed by atoms with Crippen LogP contribution in [0.3, 0.4) is 0 Å². The number of rotatable bonds is 4. The molecule has 7 heteroatoms. The van der Waals surface area contributed by atoms with Crippen LogP contribution >= 0.6 is 11.6 Å². The lowest BCUT2D eigenvalue weighted by Crippen LogP contribution is -2.17. The maximum absolute atomic E-state index is 13.7. The van der Waals surface area contributed by atoms with Gasteiger partial charge in [-0.3, -0.25) is 14.6 Å². The van der Waals surface area contributed by atoms with Crippen molar-refractivity contribution in [3.8, 4) is 0 Å². The number of aryl methyl sites for hydroxylation is 1. The summed E-state index contributed by atoms with van der Waals surface area (Å²) < 4.78 is 13.7. The van der Waals surface area contributed by atoms with Crippen molar-refractivity contribution in [2.24, 2.45) is 0 Å². The summed E-state index contributed by atoms with van der Waals surface area (Å²) in [5.74, 6) is -1.59. The second-order valence-corrected chi connectivity index (χ2v) is 6.21. The minimum atomic E-state index is -0.617. The van der Waals surface area contributed by atoms with Crippen LogP contribution in [0.1, 0.15) is 26.4 Å². The fourth-order valence-corrected chi connectivity index (χ4v) is 2.54. The van der Waals surface area contributed by atoms with Crippen LogP contribution in [0.2, 0.25) is 5.02 Å². The van der Waals surface area contributed by atoms with E-state index in [0.717, 1.165) is 5.56 Å². The first-order valence-electron chi connectivity index (χ1n) is 8.03. The Hall–Kier alpha value is -3.25. The molecule has 0 aliphatic rings. The van der Waals surface area contributed by atoms with E-state index in [1.54, 1.807) is 24.3 Å². The Balaban J connectivity index is 1.78. The van der Waals surface area contributed by atoms with E-state index < -0.39 is 17.6 Å². The maximum Gasteiger partial charge on any atom is 0.274 e. The van der Waals surface area contributed by atoms with E-state index in [4.69, 9.17) is 11.6 Å². The standard InChI is InChI=1S/C20H15ClFN3O2/c1-12-6-7-14(21)11-17(12)25-19(26)13-8-9-23-18(10-13)20(27)24-16-5-3-2-4-15(16)22/h2-11H,1H3,(H,24,27)(H,25,26). The lowest BCUT2D eigenvalue weighted by atomic mass is 10.1.